The molecule has 0 saturated carbocycles. The molecule has 0 bridgehead atoms. The highest BCUT2D eigenvalue weighted by Crippen LogP contribution is 2.14. The van der Waals surface area contributed by atoms with Crippen molar-refractivity contribution in [1.29, 1.82) is 0 Å². The van der Waals surface area contributed by atoms with Crippen LogP contribution in [0.1, 0.15) is 17.9 Å². The highest BCUT2D eigenvalue weighted by atomic mass is 79.9. The van der Waals surface area contributed by atoms with Gasteiger partial charge in [-0.05, 0) is 43.3 Å². The smallest absolute Gasteiger partial charge is 0.225 e. The Balaban J connectivity index is 1.66. The van der Waals surface area contributed by atoms with Crippen molar-refractivity contribution in [1.82, 2.24) is 5.32 Å². The summed E-state index contributed by atoms with van der Waals surface area (Å²) in [5.41, 5.74) is 0.805. The van der Waals surface area contributed by atoms with Crippen molar-refractivity contribution in [3.8, 4) is 0 Å². The van der Waals surface area contributed by atoms with Crippen LogP contribution in [-0.4, -0.2) is 12.5 Å². The van der Waals surface area contributed by atoms with Crippen LogP contribution in [0.2, 0.25) is 0 Å². The Labute approximate surface area is 126 Å². The fraction of sp³-hybridized carbons (Fsp3) is 0.267. The van der Waals surface area contributed by atoms with Crippen LogP contribution in [0, 0.1) is 6.92 Å². The van der Waals surface area contributed by atoms with Gasteiger partial charge in [0.2, 0.25) is 5.91 Å². The van der Waals surface area contributed by atoms with Gasteiger partial charge in [-0.3, -0.25) is 4.79 Å². The minimum absolute atomic E-state index is 0.00421. The summed E-state index contributed by atoms with van der Waals surface area (Å²) in [5.74, 6) is 1.78. The van der Waals surface area contributed by atoms with Gasteiger partial charge in [-0.25, -0.2) is 0 Å². The fourth-order valence-electron chi connectivity index (χ4n) is 1.75. The van der Waals surface area contributed by atoms with E-state index in [1.807, 2.05) is 43.3 Å². The molecule has 20 heavy (non-hydrogen) atoms. The number of carbonyl (C=O) groups is 1. The van der Waals surface area contributed by atoms with E-state index in [2.05, 4.69) is 26.6 Å². The maximum atomic E-state index is 11.7. The molecule has 0 saturated heterocycles. The number of benzene rings is 1. The third kappa shape index (κ3) is 4.83. The molecular weight excluding hydrogens is 320 g/mol. The molecule has 0 spiro atoms. The highest BCUT2D eigenvalue weighted by molar-refractivity contribution is 9.10. The molecule has 0 aliphatic heterocycles. The summed E-state index contributed by atoms with van der Waals surface area (Å²) in [6.45, 7) is 3.16. The van der Waals surface area contributed by atoms with Gasteiger partial charge in [0.15, 0.2) is 0 Å². The summed E-state index contributed by atoms with van der Waals surface area (Å²) < 4.78 is 6.42. The first-order valence-electron chi connectivity index (χ1n) is 6.45. The second-order valence-electron chi connectivity index (χ2n) is 4.49. The van der Waals surface area contributed by atoms with Crippen LogP contribution in [0.5, 0.6) is 0 Å². The summed E-state index contributed by atoms with van der Waals surface area (Å²) in [6.07, 6.45) is 0.426. The molecular formula is C15H17BrN2O2. The Kier molecular flexibility index (Phi) is 5.38. The zero-order valence-electron chi connectivity index (χ0n) is 11.3. The summed E-state index contributed by atoms with van der Waals surface area (Å²) in [5, 5.41) is 6.03. The number of amides is 1. The average molecular weight is 337 g/mol. The fourth-order valence-corrected chi connectivity index (χ4v) is 2.01. The Morgan fingerprint density at radius 2 is 1.95 bits per heavy atom. The molecule has 4 nitrogen and oxygen atoms in total. The zero-order chi connectivity index (χ0) is 14.4. The van der Waals surface area contributed by atoms with E-state index in [0.29, 0.717) is 19.5 Å². The molecule has 1 aromatic carbocycles. The molecule has 5 heteroatoms. The zero-order valence-corrected chi connectivity index (χ0v) is 12.9. The second kappa shape index (κ2) is 7.26. The third-order valence-electron chi connectivity index (χ3n) is 2.75. The van der Waals surface area contributed by atoms with Gasteiger partial charge in [0, 0.05) is 23.1 Å². The quantitative estimate of drug-likeness (QED) is 0.794. The molecule has 2 rings (SSSR count). The van der Waals surface area contributed by atoms with Crippen LogP contribution in [0.15, 0.2) is 45.3 Å². The van der Waals surface area contributed by atoms with E-state index in [9.17, 15) is 4.79 Å². The van der Waals surface area contributed by atoms with Crippen molar-refractivity contribution in [2.75, 3.05) is 11.9 Å². The van der Waals surface area contributed by atoms with E-state index in [1.165, 1.54) is 0 Å². The van der Waals surface area contributed by atoms with Crippen molar-refractivity contribution < 1.29 is 9.21 Å². The first-order chi connectivity index (χ1) is 9.63. The molecule has 0 atom stereocenters. The molecule has 2 aromatic rings. The molecule has 0 aliphatic rings. The van der Waals surface area contributed by atoms with Gasteiger partial charge in [-0.15, -0.1) is 0 Å². The summed E-state index contributed by atoms with van der Waals surface area (Å²) in [6, 6.07) is 11.4. The largest absolute Gasteiger partial charge is 0.465 e. The van der Waals surface area contributed by atoms with Gasteiger partial charge in [0.25, 0.3) is 0 Å². The number of hydrogen-bond acceptors (Lipinski definition) is 3. The van der Waals surface area contributed by atoms with E-state index in [-0.39, 0.29) is 5.91 Å². The molecule has 1 amide bonds. The standard InChI is InChI=1S/C15H17BrN2O2/c1-11-2-7-14(20-11)10-17-9-8-15(19)18-13-5-3-12(16)4-6-13/h2-7,17H,8-10H2,1H3,(H,18,19). The number of nitrogens with one attached hydrogen (secondary N) is 2. The van der Waals surface area contributed by atoms with E-state index in [1.54, 1.807) is 0 Å². The van der Waals surface area contributed by atoms with E-state index < -0.39 is 0 Å². The molecule has 106 valence electrons. The normalized spacial score (nSPS) is 10.5. The van der Waals surface area contributed by atoms with Crippen molar-refractivity contribution in [3.05, 3.63) is 52.4 Å². The monoisotopic (exact) mass is 336 g/mol. The van der Waals surface area contributed by atoms with Gasteiger partial charge >= 0.3 is 0 Å². The van der Waals surface area contributed by atoms with Gasteiger partial charge < -0.3 is 15.1 Å². The average Bonchev–Trinajstić information content (AvgIpc) is 2.83. The van der Waals surface area contributed by atoms with Crippen LogP contribution in [0.25, 0.3) is 0 Å². The number of anilines is 1. The Hall–Kier alpha value is -1.59. The molecule has 0 unspecified atom stereocenters. The molecule has 1 aromatic heterocycles. The lowest BCUT2D eigenvalue weighted by molar-refractivity contribution is -0.116. The van der Waals surface area contributed by atoms with Crippen LogP contribution in [0.3, 0.4) is 0 Å². The maximum Gasteiger partial charge on any atom is 0.225 e. The Morgan fingerprint density at radius 3 is 2.60 bits per heavy atom. The lowest BCUT2D eigenvalue weighted by Gasteiger charge is -2.06. The SMILES string of the molecule is Cc1ccc(CNCCC(=O)Nc2ccc(Br)cc2)o1. The third-order valence-corrected chi connectivity index (χ3v) is 3.28. The van der Waals surface area contributed by atoms with Gasteiger partial charge in [-0.2, -0.15) is 0 Å². The minimum Gasteiger partial charge on any atom is -0.465 e. The maximum absolute atomic E-state index is 11.7. The van der Waals surface area contributed by atoms with Crippen LogP contribution >= 0.6 is 15.9 Å². The van der Waals surface area contributed by atoms with Crippen molar-refractivity contribution in [3.63, 3.8) is 0 Å². The predicted molar refractivity (Wildman–Crippen MR) is 82.5 cm³/mol. The van der Waals surface area contributed by atoms with E-state index in [0.717, 1.165) is 21.7 Å². The van der Waals surface area contributed by atoms with Crippen LogP contribution in [-0.2, 0) is 11.3 Å². The minimum atomic E-state index is -0.00421. The summed E-state index contributed by atoms with van der Waals surface area (Å²) >= 11 is 3.36. The van der Waals surface area contributed by atoms with Crippen molar-refractivity contribution in [2.45, 2.75) is 19.9 Å². The van der Waals surface area contributed by atoms with E-state index >= 15 is 0 Å². The molecule has 0 aliphatic carbocycles. The lowest BCUT2D eigenvalue weighted by Crippen LogP contribution is -2.21. The summed E-state index contributed by atoms with van der Waals surface area (Å²) in [4.78, 5) is 11.7. The number of aryl methyl sites for hydroxylation is 1. The van der Waals surface area contributed by atoms with Crippen molar-refractivity contribution >= 4 is 27.5 Å². The van der Waals surface area contributed by atoms with Gasteiger partial charge in [0.1, 0.15) is 11.5 Å². The number of carbonyl (C=O) groups excluding carboxylic acids is 1. The highest BCUT2D eigenvalue weighted by Gasteiger charge is 2.03. The molecule has 0 radical (unpaired) electrons. The van der Waals surface area contributed by atoms with Crippen LogP contribution in [0.4, 0.5) is 5.69 Å². The Bertz CT molecular complexity index is 564. The van der Waals surface area contributed by atoms with Gasteiger partial charge in [0.05, 0.1) is 6.54 Å². The molecule has 0 fully saturated rings. The van der Waals surface area contributed by atoms with Gasteiger partial charge in [-0.1, -0.05) is 15.9 Å². The number of hydrogen-bond donors (Lipinski definition) is 2. The Morgan fingerprint density at radius 1 is 1.20 bits per heavy atom. The first kappa shape index (κ1) is 14.8. The first-order valence-corrected chi connectivity index (χ1v) is 7.24. The number of furan rings is 1. The summed E-state index contributed by atoms with van der Waals surface area (Å²) in [7, 11) is 0. The second-order valence-corrected chi connectivity index (χ2v) is 5.41. The van der Waals surface area contributed by atoms with E-state index in [4.69, 9.17) is 4.42 Å². The molecule has 2 N–H and O–H groups in total. The predicted octanol–water partition coefficient (Wildman–Crippen LogP) is 3.47. The van der Waals surface area contributed by atoms with Crippen LogP contribution < -0.4 is 10.6 Å². The lowest BCUT2D eigenvalue weighted by atomic mass is 10.3. The van der Waals surface area contributed by atoms with Crippen molar-refractivity contribution in [2.24, 2.45) is 0 Å². The topological polar surface area (TPSA) is 54.3 Å². The number of rotatable bonds is 6. The molecule has 1 heterocycles. The number of halogens is 1.